The molecule has 0 fully saturated rings. The minimum absolute atomic E-state index is 0.423. The Kier molecular flexibility index (Phi) is 4.28. The predicted molar refractivity (Wildman–Crippen MR) is 81.4 cm³/mol. The van der Waals surface area contributed by atoms with E-state index < -0.39 is 0 Å². The van der Waals surface area contributed by atoms with Crippen molar-refractivity contribution in [1.82, 2.24) is 4.98 Å². The number of benzene rings is 1. The summed E-state index contributed by atoms with van der Waals surface area (Å²) in [6.07, 6.45) is 2.73. The van der Waals surface area contributed by atoms with E-state index in [-0.39, 0.29) is 0 Å². The largest absolute Gasteiger partial charge is 0.389 e. The van der Waals surface area contributed by atoms with Gasteiger partial charge in [-0.05, 0) is 24.6 Å². The summed E-state index contributed by atoms with van der Waals surface area (Å²) < 4.78 is 0. The maximum Gasteiger partial charge on any atom is 0.106 e. The molecule has 0 spiro atoms. The number of nitrogens with one attached hydrogen (secondary N) is 1. The molecule has 0 amide bonds. The van der Waals surface area contributed by atoms with Gasteiger partial charge in [-0.3, -0.25) is 0 Å². The Balaban J connectivity index is 2.03. The summed E-state index contributed by atoms with van der Waals surface area (Å²) in [7, 11) is 0. The van der Waals surface area contributed by atoms with Gasteiger partial charge in [-0.25, -0.2) is 4.98 Å². The Morgan fingerprint density at radius 1 is 1.50 bits per heavy atom. The fourth-order valence-corrected chi connectivity index (χ4v) is 2.50. The van der Waals surface area contributed by atoms with Crippen molar-refractivity contribution in [2.75, 3.05) is 11.9 Å². The van der Waals surface area contributed by atoms with Crippen LogP contribution in [-0.2, 0) is 6.42 Å². The Morgan fingerprint density at radius 3 is 3.00 bits per heavy atom. The van der Waals surface area contributed by atoms with E-state index in [2.05, 4.69) is 23.3 Å². The number of nitrogens with zero attached hydrogens (tertiary/aromatic N) is 1. The van der Waals surface area contributed by atoms with E-state index in [1.165, 1.54) is 5.56 Å². The van der Waals surface area contributed by atoms with Gasteiger partial charge in [0, 0.05) is 35.8 Å². The van der Waals surface area contributed by atoms with Crippen LogP contribution in [0, 0.1) is 6.92 Å². The third-order valence-electron chi connectivity index (χ3n) is 2.58. The molecule has 0 radical (unpaired) electrons. The standard InChI is InChI=1S/C13H15N3S2/c1-9-2-3-10(13(14)17)11(8-9)15-5-4-12-16-6-7-18-12/h2-3,6-8,15H,4-5H2,1H3,(H2,14,17). The second-order valence-corrected chi connectivity index (χ2v) is 5.43. The average Bonchev–Trinajstić information content (AvgIpc) is 2.82. The lowest BCUT2D eigenvalue weighted by Crippen LogP contribution is -2.14. The fourth-order valence-electron chi connectivity index (χ4n) is 1.70. The number of anilines is 1. The molecular weight excluding hydrogens is 262 g/mol. The normalized spacial score (nSPS) is 10.3. The maximum atomic E-state index is 5.71. The Bertz CT molecular complexity index is 535. The first-order valence-corrected chi connectivity index (χ1v) is 6.98. The Morgan fingerprint density at radius 2 is 2.33 bits per heavy atom. The summed E-state index contributed by atoms with van der Waals surface area (Å²) in [5, 5.41) is 6.49. The number of rotatable bonds is 5. The lowest BCUT2D eigenvalue weighted by atomic mass is 10.1. The van der Waals surface area contributed by atoms with E-state index in [0.29, 0.717) is 4.99 Å². The molecule has 5 heteroatoms. The quantitative estimate of drug-likeness (QED) is 0.825. The van der Waals surface area contributed by atoms with Gasteiger partial charge in [-0.1, -0.05) is 18.3 Å². The number of hydrogen-bond donors (Lipinski definition) is 2. The van der Waals surface area contributed by atoms with Gasteiger partial charge in [0.15, 0.2) is 0 Å². The van der Waals surface area contributed by atoms with Crippen molar-refractivity contribution in [3.63, 3.8) is 0 Å². The van der Waals surface area contributed by atoms with Crippen molar-refractivity contribution in [2.45, 2.75) is 13.3 Å². The van der Waals surface area contributed by atoms with Crippen molar-refractivity contribution < 1.29 is 0 Å². The molecule has 18 heavy (non-hydrogen) atoms. The summed E-state index contributed by atoms with van der Waals surface area (Å²) in [6.45, 7) is 2.88. The molecule has 1 aromatic carbocycles. The van der Waals surface area contributed by atoms with Gasteiger partial charge in [-0.2, -0.15) is 0 Å². The highest BCUT2D eigenvalue weighted by molar-refractivity contribution is 7.80. The molecule has 1 aromatic heterocycles. The molecule has 0 aliphatic rings. The van der Waals surface area contributed by atoms with Crippen LogP contribution < -0.4 is 11.1 Å². The number of aromatic nitrogens is 1. The van der Waals surface area contributed by atoms with Gasteiger partial charge >= 0.3 is 0 Å². The van der Waals surface area contributed by atoms with E-state index in [0.717, 1.165) is 29.2 Å². The number of nitrogens with two attached hydrogens (primary N) is 1. The molecule has 0 aliphatic heterocycles. The molecule has 2 aromatic rings. The van der Waals surface area contributed by atoms with Gasteiger partial charge < -0.3 is 11.1 Å². The molecule has 0 unspecified atom stereocenters. The molecule has 2 rings (SSSR count). The van der Waals surface area contributed by atoms with E-state index in [1.54, 1.807) is 11.3 Å². The second-order valence-electron chi connectivity index (χ2n) is 4.02. The van der Waals surface area contributed by atoms with Crippen LogP contribution >= 0.6 is 23.6 Å². The smallest absolute Gasteiger partial charge is 0.106 e. The van der Waals surface area contributed by atoms with Crippen molar-refractivity contribution in [3.05, 3.63) is 45.9 Å². The summed E-state index contributed by atoms with van der Waals surface area (Å²) in [5.74, 6) is 0. The molecule has 3 nitrogen and oxygen atoms in total. The van der Waals surface area contributed by atoms with Crippen molar-refractivity contribution in [1.29, 1.82) is 0 Å². The first-order valence-electron chi connectivity index (χ1n) is 5.69. The number of thiocarbonyl (C=S) groups is 1. The third-order valence-corrected chi connectivity index (χ3v) is 3.64. The minimum Gasteiger partial charge on any atom is -0.389 e. The highest BCUT2D eigenvalue weighted by atomic mass is 32.1. The van der Waals surface area contributed by atoms with Crippen LogP contribution in [0.4, 0.5) is 5.69 Å². The SMILES string of the molecule is Cc1ccc(C(N)=S)c(NCCc2nccs2)c1. The van der Waals surface area contributed by atoms with Crippen LogP contribution in [-0.4, -0.2) is 16.5 Å². The van der Waals surface area contributed by atoms with E-state index in [1.807, 2.05) is 23.7 Å². The van der Waals surface area contributed by atoms with Gasteiger partial charge in [0.05, 0.1) is 5.01 Å². The van der Waals surface area contributed by atoms with Crippen LogP contribution in [0.3, 0.4) is 0 Å². The summed E-state index contributed by atoms with van der Waals surface area (Å²) in [5.41, 5.74) is 8.80. The third kappa shape index (κ3) is 3.27. The number of hydrogen-bond acceptors (Lipinski definition) is 4. The highest BCUT2D eigenvalue weighted by Gasteiger charge is 2.05. The van der Waals surface area contributed by atoms with Crippen molar-refractivity contribution in [3.8, 4) is 0 Å². The van der Waals surface area contributed by atoms with Gasteiger partial charge in [0.1, 0.15) is 4.99 Å². The number of aryl methyl sites for hydroxylation is 1. The lowest BCUT2D eigenvalue weighted by Gasteiger charge is -2.11. The summed E-state index contributed by atoms with van der Waals surface area (Å²) >= 11 is 6.72. The topological polar surface area (TPSA) is 50.9 Å². The van der Waals surface area contributed by atoms with Crippen LogP contribution in [0.1, 0.15) is 16.1 Å². The van der Waals surface area contributed by atoms with E-state index in [4.69, 9.17) is 18.0 Å². The average molecular weight is 277 g/mol. The summed E-state index contributed by atoms with van der Waals surface area (Å²) in [4.78, 5) is 4.67. The zero-order valence-corrected chi connectivity index (χ0v) is 11.8. The zero-order chi connectivity index (χ0) is 13.0. The first-order chi connectivity index (χ1) is 8.66. The van der Waals surface area contributed by atoms with Crippen molar-refractivity contribution in [2.24, 2.45) is 5.73 Å². The summed E-state index contributed by atoms with van der Waals surface area (Å²) in [6, 6.07) is 6.04. The predicted octanol–water partition coefficient (Wildman–Crippen LogP) is 2.74. The van der Waals surface area contributed by atoms with Gasteiger partial charge in [-0.15, -0.1) is 11.3 Å². The molecule has 0 bridgehead atoms. The monoisotopic (exact) mass is 277 g/mol. The maximum absolute atomic E-state index is 5.71. The second kappa shape index (κ2) is 5.93. The lowest BCUT2D eigenvalue weighted by molar-refractivity contribution is 0.997. The fraction of sp³-hybridized carbons (Fsp3) is 0.231. The number of thiazole rings is 1. The first kappa shape index (κ1) is 13.0. The molecule has 1 heterocycles. The molecule has 0 aliphatic carbocycles. The molecular formula is C13H15N3S2. The van der Waals surface area contributed by atoms with E-state index in [9.17, 15) is 0 Å². The van der Waals surface area contributed by atoms with Gasteiger partial charge in [0.25, 0.3) is 0 Å². The highest BCUT2D eigenvalue weighted by Crippen LogP contribution is 2.17. The van der Waals surface area contributed by atoms with E-state index >= 15 is 0 Å². The van der Waals surface area contributed by atoms with Crippen LogP contribution in [0.2, 0.25) is 0 Å². The molecule has 0 saturated carbocycles. The zero-order valence-electron chi connectivity index (χ0n) is 10.1. The molecule has 3 N–H and O–H groups in total. The van der Waals surface area contributed by atoms with Crippen LogP contribution in [0.15, 0.2) is 29.8 Å². The molecule has 0 atom stereocenters. The van der Waals surface area contributed by atoms with Crippen molar-refractivity contribution >= 4 is 34.2 Å². The van der Waals surface area contributed by atoms with Crippen LogP contribution in [0.5, 0.6) is 0 Å². The van der Waals surface area contributed by atoms with Gasteiger partial charge in [0.2, 0.25) is 0 Å². The molecule has 94 valence electrons. The van der Waals surface area contributed by atoms with Crippen LogP contribution in [0.25, 0.3) is 0 Å². The Labute approximate surface area is 116 Å². The molecule has 0 saturated heterocycles. The Hall–Kier alpha value is -1.46. The minimum atomic E-state index is 0.423.